The zero-order valence-electron chi connectivity index (χ0n) is 19.5. The number of H-pyrrole nitrogens is 1. The van der Waals surface area contributed by atoms with Crippen molar-refractivity contribution in [2.24, 2.45) is 0 Å². The van der Waals surface area contributed by atoms with Gasteiger partial charge < -0.3 is 11.1 Å². The fourth-order valence-electron chi connectivity index (χ4n) is 4.13. The van der Waals surface area contributed by atoms with E-state index in [1.54, 1.807) is 54.6 Å². The summed E-state index contributed by atoms with van der Waals surface area (Å²) in [6.45, 7) is 3.63. The first-order chi connectivity index (χ1) is 17.2. The Hall–Kier alpha value is -5.10. The maximum absolute atomic E-state index is 13.1. The minimum Gasteiger partial charge on any atom is -0.398 e. The van der Waals surface area contributed by atoms with Gasteiger partial charge in [-0.2, -0.15) is 5.26 Å². The number of nitrogens with two attached hydrogens (primary N) is 1. The Balaban J connectivity index is 1.82. The molecule has 4 N–H and O–H groups in total. The zero-order valence-corrected chi connectivity index (χ0v) is 19.5. The molecule has 0 fully saturated rings. The van der Waals surface area contributed by atoms with Gasteiger partial charge >= 0.3 is 5.69 Å². The number of nitrogens with one attached hydrogen (secondary N) is 2. The monoisotopic (exact) mass is 475 g/mol. The van der Waals surface area contributed by atoms with Crippen LogP contribution in [-0.2, 0) is 5.41 Å². The number of anilines is 1. The maximum atomic E-state index is 13.1. The molecule has 0 saturated carbocycles. The highest BCUT2D eigenvalue weighted by Gasteiger charge is 2.20. The molecule has 0 aliphatic carbocycles. The number of aromatic amines is 1. The van der Waals surface area contributed by atoms with Crippen LogP contribution in [0.3, 0.4) is 0 Å². The maximum Gasteiger partial charge on any atom is 0.333 e. The van der Waals surface area contributed by atoms with E-state index in [0.29, 0.717) is 39.2 Å². The van der Waals surface area contributed by atoms with Crippen molar-refractivity contribution in [3.63, 3.8) is 0 Å². The number of nitriles is 1. The third-order valence-corrected chi connectivity index (χ3v) is 6.24. The summed E-state index contributed by atoms with van der Waals surface area (Å²) in [5.41, 5.74) is 8.91. The molecule has 0 saturated heterocycles. The second kappa shape index (κ2) is 8.29. The van der Waals surface area contributed by atoms with E-state index in [1.807, 2.05) is 13.8 Å². The molecule has 0 atom stereocenters. The lowest BCUT2D eigenvalue weighted by atomic mass is 9.86. The van der Waals surface area contributed by atoms with Gasteiger partial charge in [0.1, 0.15) is 5.52 Å². The molecule has 3 heterocycles. The highest BCUT2D eigenvalue weighted by atomic mass is 16.2. The molecule has 0 radical (unpaired) electrons. The van der Waals surface area contributed by atoms with Crippen molar-refractivity contribution >= 4 is 33.8 Å². The summed E-state index contributed by atoms with van der Waals surface area (Å²) in [4.78, 5) is 37.3. The number of aromatic nitrogens is 4. The quantitative estimate of drug-likeness (QED) is 0.205. The van der Waals surface area contributed by atoms with E-state index in [1.165, 1.54) is 17.0 Å². The van der Waals surface area contributed by atoms with Gasteiger partial charge in [0.2, 0.25) is 0 Å². The standard InChI is InChI=1S/C27H21N7O2/c1-27(2,14-29)17-4-6-18(7-5-17)34-24-19(25(35)33-26(34)36)13-31-22-10-9-21(32-23(22)24)15-3-8-20(30)16(11-15)12-28/h3-13,28H,30H2,1-2H3,(H,33,35,36). The Labute approximate surface area is 205 Å². The fraction of sp³-hybridized carbons (Fsp3) is 0.111. The number of hydrogen-bond donors (Lipinski definition) is 3. The summed E-state index contributed by atoms with van der Waals surface area (Å²) in [5.74, 6) is 0. The summed E-state index contributed by atoms with van der Waals surface area (Å²) >= 11 is 0. The number of fused-ring (bicyclic) bond motifs is 3. The molecule has 5 rings (SSSR count). The van der Waals surface area contributed by atoms with Crippen LogP contribution in [0.5, 0.6) is 0 Å². The molecular weight excluding hydrogens is 454 g/mol. The van der Waals surface area contributed by atoms with Gasteiger partial charge in [-0.15, -0.1) is 0 Å². The van der Waals surface area contributed by atoms with Gasteiger partial charge in [-0.3, -0.25) is 19.3 Å². The van der Waals surface area contributed by atoms with Gasteiger partial charge in [-0.1, -0.05) is 18.2 Å². The predicted octanol–water partition coefficient (Wildman–Crippen LogP) is 3.67. The zero-order chi connectivity index (χ0) is 25.6. The molecular formula is C27H21N7O2. The van der Waals surface area contributed by atoms with Crippen LogP contribution in [0.15, 0.2) is 70.4 Å². The van der Waals surface area contributed by atoms with Crippen molar-refractivity contribution in [3.05, 3.63) is 92.8 Å². The average molecular weight is 476 g/mol. The molecule has 0 spiro atoms. The minimum atomic E-state index is -0.696. The van der Waals surface area contributed by atoms with Crippen LogP contribution in [-0.4, -0.2) is 25.7 Å². The molecule has 3 aromatic heterocycles. The van der Waals surface area contributed by atoms with Crippen molar-refractivity contribution in [1.29, 1.82) is 10.7 Å². The molecule has 0 unspecified atom stereocenters. The van der Waals surface area contributed by atoms with Gasteiger partial charge in [0, 0.05) is 29.2 Å². The summed E-state index contributed by atoms with van der Waals surface area (Å²) in [5, 5.41) is 17.3. The smallest absolute Gasteiger partial charge is 0.333 e. The van der Waals surface area contributed by atoms with Crippen LogP contribution >= 0.6 is 0 Å². The van der Waals surface area contributed by atoms with Gasteiger partial charge in [0.15, 0.2) is 0 Å². The van der Waals surface area contributed by atoms with Crippen molar-refractivity contribution in [2.45, 2.75) is 19.3 Å². The third-order valence-electron chi connectivity index (χ3n) is 6.24. The first-order valence-corrected chi connectivity index (χ1v) is 11.1. The predicted molar refractivity (Wildman–Crippen MR) is 140 cm³/mol. The van der Waals surface area contributed by atoms with E-state index in [9.17, 15) is 14.9 Å². The minimum absolute atomic E-state index is 0.214. The number of rotatable bonds is 4. The normalized spacial score (nSPS) is 11.5. The van der Waals surface area contributed by atoms with Crippen LogP contribution in [0.25, 0.3) is 38.9 Å². The average Bonchev–Trinajstić information content (AvgIpc) is 2.88. The van der Waals surface area contributed by atoms with Crippen LogP contribution in [0.4, 0.5) is 5.69 Å². The Morgan fingerprint density at radius 1 is 1.11 bits per heavy atom. The van der Waals surface area contributed by atoms with Crippen LogP contribution < -0.4 is 17.0 Å². The number of pyridine rings is 2. The molecule has 5 aromatic rings. The summed E-state index contributed by atoms with van der Waals surface area (Å²) < 4.78 is 1.40. The van der Waals surface area contributed by atoms with E-state index in [-0.39, 0.29) is 5.39 Å². The van der Waals surface area contributed by atoms with Crippen molar-refractivity contribution in [2.75, 3.05) is 5.73 Å². The van der Waals surface area contributed by atoms with Gasteiger partial charge in [-0.05, 0) is 55.8 Å². The molecule has 176 valence electrons. The van der Waals surface area contributed by atoms with E-state index in [2.05, 4.69) is 16.0 Å². The Kier molecular flexibility index (Phi) is 5.22. The SMILES string of the molecule is CC(C)(C#N)c1ccc(-n2c(=O)[nH]c(=O)c3cnc4ccc(-c5ccc(N)c(C=N)c5)nc4c32)cc1. The molecule has 9 heteroatoms. The number of hydrogen-bond acceptors (Lipinski definition) is 7. The van der Waals surface area contributed by atoms with Crippen LogP contribution in [0.1, 0.15) is 25.0 Å². The number of nitrogen functional groups attached to an aromatic ring is 1. The van der Waals surface area contributed by atoms with Crippen molar-refractivity contribution in [1.82, 2.24) is 19.5 Å². The van der Waals surface area contributed by atoms with Crippen LogP contribution in [0, 0.1) is 16.7 Å². The van der Waals surface area contributed by atoms with E-state index in [0.717, 1.165) is 11.1 Å². The molecule has 9 nitrogen and oxygen atoms in total. The first-order valence-electron chi connectivity index (χ1n) is 11.1. The van der Waals surface area contributed by atoms with Gasteiger partial charge in [-0.25, -0.2) is 9.78 Å². The largest absolute Gasteiger partial charge is 0.398 e. The third kappa shape index (κ3) is 3.61. The fourth-order valence-corrected chi connectivity index (χ4v) is 4.13. The molecule has 36 heavy (non-hydrogen) atoms. The molecule has 0 aliphatic rings. The molecule has 0 bridgehead atoms. The number of nitrogens with zero attached hydrogens (tertiary/aromatic N) is 4. The topological polar surface area (TPSA) is 154 Å². The Bertz CT molecular complexity index is 1840. The lowest BCUT2D eigenvalue weighted by molar-refractivity contribution is 0.686. The molecule has 2 aromatic carbocycles. The first kappa shape index (κ1) is 22.7. The number of benzene rings is 2. The second-order valence-corrected chi connectivity index (χ2v) is 8.95. The lowest BCUT2D eigenvalue weighted by Crippen LogP contribution is -2.29. The Morgan fingerprint density at radius 3 is 2.56 bits per heavy atom. The summed E-state index contributed by atoms with van der Waals surface area (Å²) in [7, 11) is 0. The summed E-state index contributed by atoms with van der Waals surface area (Å²) in [6.07, 6.45) is 2.60. The van der Waals surface area contributed by atoms with E-state index in [4.69, 9.17) is 16.1 Å². The summed E-state index contributed by atoms with van der Waals surface area (Å²) in [6, 6.07) is 18.1. The molecule has 0 aliphatic heterocycles. The van der Waals surface area contributed by atoms with Crippen molar-refractivity contribution in [3.8, 4) is 23.0 Å². The highest BCUT2D eigenvalue weighted by molar-refractivity contribution is 6.02. The van der Waals surface area contributed by atoms with Gasteiger partial charge in [0.25, 0.3) is 5.56 Å². The van der Waals surface area contributed by atoms with Crippen LogP contribution in [0.2, 0.25) is 0 Å². The second-order valence-electron chi connectivity index (χ2n) is 8.95. The van der Waals surface area contributed by atoms with Crippen molar-refractivity contribution < 1.29 is 0 Å². The van der Waals surface area contributed by atoms with Gasteiger partial charge in [0.05, 0.1) is 39.3 Å². The lowest BCUT2D eigenvalue weighted by Gasteiger charge is -2.17. The van der Waals surface area contributed by atoms with E-state index >= 15 is 0 Å². The van der Waals surface area contributed by atoms with E-state index < -0.39 is 16.7 Å². The highest BCUT2D eigenvalue weighted by Crippen LogP contribution is 2.28. The Morgan fingerprint density at radius 2 is 1.86 bits per heavy atom. The molecule has 0 amide bonds.